The second-order valence-corrected chi connectivity index (χ2v) is 4.20. The van der Waals surface area contributed by atoms with Gasteiger partial charge in [-0.1, -0.05) is 6.07 Å². The van der Waals surface area contributed by atoms with Crippen LogP contribution in [-0.4, -0.2) is 29.2 Å². The molecule has 0 heterocycles. The minimum Gasteiger partial charge on any atom is -0.504 e. The molecule has 0 aliphatic carbocycles. The van der Waals surface area contributed by atoms with Crippen LogP contribution in [0.25, 0.3) is 0 Å². The number of aromatic hydroxyl groups is 2. The molecular weight excluding hydrogens is 274 g/mol. The predicted octanol–water partition coefficient (Wildman–Crippen LogP) is 2.14. The maximum absolute atomic E-state index is 12.0. The van der Waals surface area contributed by atoms with Crippen molar-refractivity contribution in [2.75, 3.05) is 12.4 Å². The molecule has 0 saturated heterocycles. The molecule has 2 aromatic carbocycles. The van der Waals surface area contributed by atoms with Crippen molar-refractivity contribution < 1.29 is 24.5 Å². The van der Waals surface area contributed by atoms with Crippen LogP contribution in [-0.2, 0) is 4.74 Å². The summed E-state index contributed by atoms with van der Waals surface area (Å²) in [5.74, 6) is -1.91. The summed E-state index contributed by atoms with van der Waals surface area (Å²) in [6.07, 6.45) is 0. The van der Waals surface area contributed by atoms with Crippen LogP contribution in [0.5, 0.6) is 11.5 Å². The SMILES string of the molecule is COC(=O)c1ccc(NC(=O)c2cccc(O)c2O)cc1. The van der Waals surface area contributed by atoms with Crippen molar-refractivity contribution >= 4 is 17.6 Å². The maximum Gasteiger partial charge on any atom is 0.337 e. The lowest BCUT2D eigenvalue weighted by molar-refractivity contribution is 0.0600. The molecule has 6 heteroatoms. The number of esters is 1. The number of carbonyl (C=O) groups excluding carboxylic acids is 2. The summed E-state index contributed by atoms with van der Waals surface area (Å²) >= 11 is 0. The van der Waals surface area contributed by atoms with E-state index in [1.54, 1.807) is 0 Å². The molecule has 0 aromatic heterocycles. The molecule has 2 aromatic rings. The first-order chi connectivity index (χ1) is 10.0. The highest BCUT2D eigenvalue weighted by molar-refractivity contribution is 6.06. The molecule has 3 N–H and O–H groups in total. The Labute approximate surface area is 120 Å². The number of carbonyl (C=O) groups is 2. The quantitative estimate of drug-likeness (QED) is 0.593. The Bertz CT molecular complexity index is 679. The molecular formula is C15H13NO5. The lowest BCUT2D eigenvalue weighted by Crippen LogP contribution is -2.12. The van der Waals surface area contributed by atoms with Crippen LogP contribution in [0.2, 0.25) is 0 Å². The number of hydrogen-bond donors (Lipinski definition) is 3. The van der Waals surface area contributed by atoms with E-state index in [9.17, 15) is 19.8 Å². The molecule has 1 amide bonds. The van der Waals surface area contributed by atoms with Crippen molar-refractivity contribution in [2.24, 2.45) is 0 Å². The molecule has 0 unspecified atom stereocenters. The zero-order valence-corrected chi connectivity index (χ0v) is 11.2. The van der Waals surface area contributed by atoms with Gasteiger partial charge >= 0.3 is 5.97 Å². The van der Waals surface area contributed by atoms with Crippen molar-refractivity contribution in [3.63, 3.8) is 0 Å². The van der Waals surface area contributed by atoms with Crippen LogP contribution in [0.3, 0.4) is 0 Å². The highest BCUT2D eigenvalue weighted by atomic mass is 16.5. The average Bonchev–Trinajstić information content (AvgIpc) is 2.50. The van der Waals surface area contributed by atoms with Gasteiger partial charge in [-0.3, -0.25) is 4.79 Å². The van der Waals surface area contributed by atoms with E-state index in [2.05, 4.69) is 10.1 Å². The molecule has 21 heavy (non-hydrogen) atoms. The van der Waals surface area contributed by atoms with Crippen molar-refractivity contribution in [3.05, 3.63) is 53.6 Å². The van der Waals surface area contributed by atoms with Gasteiger partial charge in [-0.15, -0.1) is 0 Å². The van der Waals surface area contributed by atoms with Crippen LogP contribution >= 0.6 is 0 Å². The van der Waals surface area contributed by atoms with E-state index in [0.717, 1.165) is 0 Å². The van der Waals surface area contributed by atoms with E-state index in [0.29, 0.717) is 11.3 Å². The number of rotatable bonds is 3. The van der Waals surface area contributed by atoms with E-state index < -0.39 is 17.6 Å². The summed E-state index contributed by atoms with van der Waals surface area (Å²) in [5, 5.41) is 21.5. The lowest BCUT2D eigenvalue weighted by atomic mass is 10.1. The Morgan fingerprint density at radius 2 is 1.71 bits per heavy atom. The van der Waals surface area contributed by atoms with Gasteiger partial charge in [0.15, 0.2) is 11.5 Å². The fraction of sp³-hybridized carbons (Fsp3) is 0.0667. The molecule has 0 saturated carbocycles. The number of benzene rings is 2. The number of phenolic OH excluding ortho intramolecular Hbond substituents is 2. The number of para-hydroxylation sites is 1. The maximum atomic E-state index is 12.0. The first-order valence-corrected chi connectivity index (χ1v) is 6.03. The summed E-state index contributed by atoms with van der Waals surface area (Å²) in [5.41, 5.74) is 0.748. The number of anilines is 1. The van der Waals surface area contributed by atoms with E-state index in [4.69, 9.17) is 0 Å². The number of ether oxygens (including phenoxy) is 1. The topological polar surface area (TPSA) is 95.9 Å². The predicted molar refractivity (Wildman–Crippen MR) is 75.5 cm³/mol. The van der Waals surface area contributed by atoms with Crippen LogP contribution < -0.4 is 5.32 Å². The van der Waals surface area contributed by atoms with Crippen LogP contribution in [0.4, 0.5) is 5.69 Å². The Morgan fingerprint density at radius 1 is 1.05 bits per heavy atom. The number of hydrogen-bond acceptors (Lipinski definition) is 5. The van der Waals surface area contributed by atoms with Gasteiger partial charge in [0.25, 0.3) is 5.91 Å². The molecule has 0 aliphatic rings. The summed E-state index contributed by atoms with van der Waals surface area (Å²) in [4.78, 5) is 23.3. The monoisotopic (exact) mass is 287 g/mol. The molecule has 2 rings (SSSR count). The zero-order chi connectivity index (χ0) is 15.4. The Kier molecular flexibility index (Phi) is 4.08. The molecule has 0 fully saturated rings. The van der Waals surface area contributed by atoms with Gasteiger partial charge in [-0.05, 0) is 36.4 Å². The summed E-state index contributed by atoms with van der Waals surface area (Å²) in [6, 6.07) is 10.2. The van der Waals surface area contributed by atoms with E-state index in [-0.39, 0.29) is 11.3 Å². The Hall–Kier alpha value is -3.02. The first kappa shape index (κ1) is 14.4. The third-order valence-corrected chi connectivity index (χ3v) is 2.82. The van der Waals surface area contributed by atoms with Crippen LogP contribution in [0.1, 0.15) is 20.7 Å². The second-order valence-electron chi connectivity index (χ2n) is 4.20. The van der Waals surface area contributed by atoms with E-state index in [1.807, 2.05) is 0 Å². The third kappa shape index (κ3) is 3.11. The number of methoxy groups -OCH3 is 1. The molecule has 0 aliphatic heterocycles. The van der Waals surface area contributed by atoms with Gasteiger partial charge in [0, 0.05) is 5.69 Å². The van der Waals surface area contributed by atoms with E-state index in [1.165, 1.54) is 49.6 Å². The largest absolute Gasteiger partial charge is 0.504 e. The molecule has 108 valence electrons. The number of phenols is 2. The van der Waals surface area contributed by atoms with Crippen molar-refractivity contribution in [3.8, 4) is 11.5 Å². The fourth-order valence-electron chi connectivity index (χ4n) is 1.72. The van der Waals surface area contributed by atoms with E-state index >= 15 is 0 Å². The summed E-state index contributed by atoms with van der Waals surface area (Å²) < 4.78 is 4.57. The summed E-state index contributed by atoms with van der Waals surface area (Å²) in [6.45, 7) is 0. The normalized spacial score (nSPS) is 9.95. The standard InChI is InChI=1S/C15H13NO5/c1-21-15(20)9-5-7-10(8-6-9)16-14(19)11-3-2-4-12(17)13(11)18/h2-8,17-18H,1H3,(H,16,19). The first-order valence-electron chi connectivity index (χ1n) is 6.03. The number of nitrogens with one attached hydrogen (secondary N) is 1. The Balaban J connectivity index is 2.16. The molecule has 0 bridgehead atoms. The zero-order valence-electron chi connectivity index (χ0n) is 11.2. The number of amides is 1. The fourth-order valence-corrected chi connectivity index (χ4v) is 1.72. The van der Waals surface area contributed by atoms with Gasteiger partial charge < -0.3 is 20.3 Å². The van der Waals surface area contributed by atoms with Crippen molar-refractivity contribution in [1.82, 2.24) is 0 Å². The molecule has 0 radical (unpaired) electrons. The average molecular weight is 287 g/mol. The summed E-state index contributed by atoms with van der Waals surface area (Å²) in [7, 11) is 1.28. The van der Waals surface area contributed by atoms with Gasteiger partial charge in [-0.2, -0.15) is 0 Å². The third-order valence-electron chi connectivity index (χ3n) is 2.82. The minimum atomic E-state index is -0.575. The molecule has 0 spiro atoms. The van der Waals surface area contributed by atoms with Gasteiger partial charge in [0.05, 0.1) is 18.2 Å². The highest BCUT2D eigenvalue weighted by Gasteiger charge is 2.14. The van der Waals surface area contributed by atoms with Crippen molar-refractivity contribution in [1.29, 1.82) is 0 Å². The highest BCUT2D eigenvalue weighted by Crippen LogP contribution is 2.28. The van der Waals surface area contributed by atoms with Gasteiger partial charge in [0.2, 0.25) is 0 Å². The lowest BCUT2D eigenvalue weighted by Gasteiger charge is -2.08. The smallest absolute Gasteiger partial charge is 0.337 e. The van der Waals surface area contributed by atoms with Crippen molar-refractivity contribution in [2.45, 2.75) is 0 Å². The Morgan fingerprint density at radius 3 is 2.33 bits per heavy atom. The van der Waals surface area contributed by atoms with Crippen LogP contribution in [0, 0.1) is 0 Å². The second kappa shape index (κ2) is 5.96. The van der Waals surface area contributed by atoms with Gasteiger partial charge in [0.1, 0.15) is 0 Å². The van der Waals surface area contributed by atoms with Gasteiger partial charge in [-0.25, -0.2) is 4.79 Å². The minimum absolute atomic E-state index is 0.0490. The molecule has 6 nitrogen and oxygen atoms in total. The molecule has 0 atom stereocenters. The van der Waals surface area contributed by atoms with Crippen LogP contribution in [0.15, 0.2) is 42.5 Å².